The van der Waals surface area contributed by atoms with Crippen molar-refractivity contribution >= 4 is 34.9 Å². The zero-order valence-corrected chi connectivity index (χ0v) is 22.4. The van der Waals surface area contributed by atoms with E-state index in [4.69, 9.17) is 9.47 Å². The number of rotatable bonds is 9. The molecule has 0 N–H and O–H groups in total. The van der Waals surface area contributed by atoms with Crippen molar-refractivity contribution in [3.05, 3.63) is 99.5 Å². The first kappa shape index (κ1) is 27.8. The van der Waals surface area contributed by atoms with E-state index < -0.39 is 29.3 Å². The summed E-state index contributed by atoms with van der Waals surface area (Å²) in [4.78, 5) is 40.6. The van der Waals surface area contributed by atoms with Gasteiger partial charge in [-0.2, -0.15) is 0 Å². The molecule has 0 atom stereocenters. The smallest absolute Gasteiger partial charge is 0.293 e. The highest BCUT2D eigenvalue weighted by Crippen LogP contribution is 2.34. The third kappa shape index (κ3) is 6.28. The number of nitrogens with zero attached hydrogens (tertiary/aromatic N) is 2. The Labute approximate surface area is 229 Å². The maximum atomic E-state index is 14.0. The molecule has 7 nitrogen and oxygen atoms in total. The van der Waals surface area contributed by atoms with Gasteiger partial charge in [0, 0.05) is 24.7 Å². The molecule has 1 aliphatic heterocycles. The van der Waals surface area contributed by atoms with E-state index in [1.54, 1.807) is 50.4 Å². The van der Waals surface area contributed by atoms with Gasteiger partial charge in [-0.25, -0.2) is 8.78 Å². The van der Waals surface area contributed by atoms with Gasteiger partial charge < -0.3 is 14.4 Å². The molecule has 202 valence electrons. The summed E-state index contributed by atoms with van der Waals surface area (Å²) in [5, 5.41) is -0.614. The number of likely N-dealkylation sites (N-methyl/N-ethyl adjacent to an activating group) is 1. The van der Waals surface area contributed by atoms with Crippen molar-refractivity contribution in [2.45, 2.75) is 13.0 Å². The van der Waals surface area contributed by atoms with Crippen LogP contribution in [-0.4, -0.2) is 54.7 Å². The lowest BCUT2D eigenvalue weighted by atomic mass is 10.1. The Bertz CT molecular complexity index is 1420. The van der Waals surface area contributed by atoms with Crippen LogP contribution in [0.25, 0.3) is 6.08 Å². The molecular formula is C29H26F2N2O5S. The summed E-state index contributed by atoms with van der Waals surface area (Å²) >= 11 is 0.694. The van der Waals surface area contributed by atoms with E-state index in [9.17, 15) is 23.2 Å². The number of methoxy groups -OCH3 is 2. The molecule has 10 heteroatoms. The van der Waals surface area contributed by atoms with Gasteiger partial charge in [-0.1, -0.05) is 24.3 Å². The van der Waals surface area contributed by atoms with Gasteiger partial charge >= 0.3 is 0 Å². The number of benzene rings is 3. The molecule has 0 aliphatic carbocycles. The van der Waals surface area contributed by atoms with Crippen LogP contribution in [0.15, 0.2) is 65.6 Å². The van der Waals surface area contributed by atoms with E-state index in [-0.39, 0.29) is 16.4 Å². The van der Waals surface area contributed by atoms with Gasteiger partial charge in [-0.05, 0) is 71.8 Å². The minimum atomic E-state index is -0.827. The third-order valence-electron chi connectivity index (χ3n) is 6.24. The molecule has 1 aliphatic rings. The maximum Gasteiger partial charge on any atom is 0.293 e. The molecule has 0 aromatic heterocycles. The van der Waals surface area contributed by atoms with Gasteiger partial charge in [-0.15, -0.1) is 0 Å². The minimum absolute atomic E-state index is 0.128. The fraction of sp³-hybridized carbons (Fsp3) is 0.207. The zero-order chi connectivity index (χ0) is 28.1. The lowest BCUT2D eigenvalue weighted by Crippen LogP contribution is -2.28. The summed E-state index contributed by atoms with van der Waals surface area (Å²) in [6.45, 7) is -0.0184. The van der Waals surface area contributed by atoms with Gasteiger partial charge in [-0.3, -0.25) is 19.3 Å². The Kier molecular flexibility index (Phi) is 8.65. The second-order valence-electron chi connectivity index (χ2n) is 8.76. The summed E-state index contributed by atoms with van der Waals surface area (Å²) in [5.41, 5.74) is 1.71. The van der Waals surface area contributed by atoms with Crippen molar-refractivity contribution in [2.24, 2.45) is 0 Å². The van der Waals surface area contributed by atoms with E-state index in [2.05, 4.69) is 0 Å². The van der Waals surface area contributed by atoms with Crippen molar-refractivity contribution in [3.8, 4) is 11.5 Å². The first-order valence-corrected chi connectivity index (χ1v) is 12.8. The SMILES string of the molecule is COc1ccc(CCN(C)C(=O)c2ccc(/C=C3\SC(=O)N(Cc4c(F)cccc4F)C3=O)cc2)cc1OC. The van der Waals surface area contributed by atoms with Crippen molar-refractivity contribution in [1.82, 2.24) is 9.80 Å². The molecule has 0 bridgehead atoms. The van der Waals surface area contributed by atoms with Crippen molar-refractivity contribution < 1.29 is 32.6 Å². The molecule has 1 heterocycles. The first-order chi connectivity index (χ1) is 18.7. The summed E-state index contributed by atoms with van der Waals surface area (Å²) in [6.07, 6.45) is 2.13. The number of ether oxygens (including phenoxy) is 2. The fourth-order valence-electron chi connectivity index (χ4n) is 4.01. The molecule has 39 heavy (non-hydrogen) atoms. The number of amides is 3. The monoisotopic (exact) mass is 552 g/mol. The Morgan fingerprint density at radius 1 is 0.974 bits per heavy atom. The quantitative estimate of drug-likeness (QED) is 0.325. The van der Waals surface area contributed by atoms with Gasteiger partial charge in [0.25, 0.3) is 17.1 Å². The summed E-state index contributed by atoms with van der Waals surface area (Å²) in [6, 6.07) is 15.6. The Morgan fingerprint density at radius 3 is 2.28 bits per heavy atom. The zero-order valence-electron chi connectivity index (χ0n) is 21.6. The highest BCUT2D eigenvalue weighted by molar-refractivity contribution is 8.18. The number of thioether (sulfide) groups is 1. The number of carbonyl (C=O) groups is 3. The number of imide groups is 1. The first-order valence-electron chi connectivity index (χ1n) is 12.0. The number of hydrogen-bond donors (Lipinski definition) is 0. The van der Waals surface area contributed by atoms with Crippen molar-refractivity contribution in [1.29, 1.82) is 0 Å². The summed E-state index contributed by atoms with van der Waals surface area (Å²) in [7, 11) is 4.85. The van der Waals surface area contributed by atoms with E-state index >= 15 is 0 Å². The highest BCUT2D eigenvalue weighted by atomic mass is 32.2. The maximum absolute atomic E-state index is 14.0. The fourth-order valence-corrected chi connectivity index (χ4v) is 4.84. The van der Waals surface area contributed by atoms with Crippen molar-refractivity contribution in [3.63, 3.8) is 0 Å². The average molecular weight is 553 g/mol. The summed E-state index contributed by atoms with van der Waals surface area (Å²) < 4.78 is 38.6. The van der Waals surface area contributed by atoms with Crippen LogP contribution in [0, 0.1) is 11.6 Å². The van der Waals surface area contributed by atoms with E-state index in [0.717, 1.165) is 22.6 Å². The van der Waals surface area contributed by atoms with Crippen LogP contribution >= 0.6 is 11.8 Å². The van der Waals surface area contributed by atoms with Gasteiger partial charge in [0.15, 0.2) is 11.5 Å². The third-order valence-corrected chi connectivity index (χ3v) is 7.14. The van der Waals surface area contributed by atoms with Crippen LogP contribution in [0.1, 0.15) is 27.0 Å². The molecule has 3 aromatic carbocycles. The second kappa shape index (κ2) is 12.1. The molecule has 0 unspecified atom stereocenters. The second-order valence-corrected chi connectivity index (χ2v) is 9.75. The molecular weight excluding hydrogens is 526 g/mol. The molecule has 1 saturated heterocycles. The predicted molar refractivity (Wildman–Crippen MR) is 145 cm³/mol. The van der Waals surface area contributed by atoms with E-state index in [1.165, 1.54) is 12.1 Å². The topological polar surface area (TPSA) is 76.2 Å². The van der Waals surface area contributed by atoms with Crippen LogP contribution in [-0.2, 0) is 17.8 Å². The van der Waals surface area contributed by atoms with Crippen LogP contribution in [0.4, 0.5) is 13.6 Å². The highest BCUT2D eigenvalue weighted by Gasteiger charge is 2.36. The van der Waals surface area contributed by atoms with Crippen LogP contribution in [0.2, 0.25) is 0 Å². The predicted octanol–water partition coefficient (Wildman–Crippen LogP) is 5.53. The standard InChI is InChI=1S/C29H26F2N2O5S/c1-32(14-13-19-9-12-24(37-2)25(15-19)38-3)27(34)20-10-7-18(8-11-20)16-26-28(35)33(29(36)39-26)17-21-22(30)5-4-6-23(21)31/h4-12,15-16H,13-14,17H2,1-3H3/b26-16-. The van der Waals surface area contributed by atoms with Crippen LogP contribution in [0.3, 0.4) is 0 Å². The Morgan fingerprint density at radius 2 is 1.64 bits per heavy atom. The molecule has 3 amide bonds. The molecule has 0 saturated carbocycles. The number of hydrogen-bond acceptors (Lipinski definition) is 6. The normalized spacial score (nSPS) is 14.2. The molecule has 0 radical (unpaired) electrons. The lowest BCUT2D eigenvalue weighted by Gasteiger charge is -2.18. The van der Waals surface area contributed by atoms with E-state index in [1.807, 2.05) is 18.2 Å². The number of carbonyl (C=O) groups excluding carboxylic acids is 3. The van der Waals surface area contributed by atoms with Gasteiger partial charge in [0.1, 0.15) is 11.6 Å². The lowest BCUT2D eigenvalue weighted by molar-refractivity contribution is -0.123. The molecule has 4 rings (SSSR count). The average Bonchev–Trinajstić information content (AvgIpc) is 3.20. The van der Waals surface area contributed by atoms with Crippen LogP contribution < -0.4 is 9.47 Å². The van der Waals surface area contributed by atoms with Gasteiger partial charge in [0.05, 0.1) is 25.7 Å². The van der Waals surface area contributed by atoms with Crippen molar-refractivity contribution in [2.75, 3.05) is 27.8 Å². The van der Waals surface area contributed by atoms with Gasteiger partial charge in [0.2, 0.25) is 0 Å². The number of halogens is 2. The Hall–Kier alpha value is -4.18. The largest absolute Gasteiger partial charge is 0.493 e. The molecule has 0 spiro atoms. The minimum Gasteiger partial charge on any atom is -0.493 e. The molecule has 3 aromatic rings. The summed E-state index contributed by atoms with van der Waals surface area (Å²) in [5.74, 6) is -1.21. The molecule has 1 fully saturated rings. The van der Waals surface area contributed by atoms with E-state index in [0.29, 0.717) is 47.4 Å². The Balaban J connectivity index is 1.39. The van der Waals surface area contributed by atoms with Crippen LogP contribution in [0.5, 0.6) is 11.5 Å².